The van der Waals surface area contributed by atoms with Crippen molar-refractivity contribution in [2.75, 3.05) is 11.1 Å². The van der Waals surface area contributed by atoms with Crippen LogP contribution in [0.5, 0.6) is 0 Å². The van der Waals surface area contributed by atoms with Crippen LogP contribution >= 0.6 is 11.8 Å². The van der Waals surface area contributed by atoms with E-state index in [0.29, 0.717) is 10.9 Å². The average Bonchev–Trinajstić information content (AvgIpc) is 2.78. The molecular weight excluding hydrogens is 435 g/mol. The Morgan fingerprint density at radius 1 is 0.938 bits per heavy atom. The Morgan fingerprint density at radius 2 is 1.66 bits per heavy atom. The highest BCUT2D eigenvalue weighted by Gasteiger charge is 2.33. The third-order valence-corrected chi connectivity index (χ3v) is 5.76. The minimum Gasteiger partial charge on any atom is -0.325 e. The number of hydrogen-bond acceptors (Lipinski definition) is 4. The van der Waals surface area contributed by atoms with Crippen LogP contribution in [0.3, 0.4) is 0 Å². The molecule has 0 aliphatic carbocycles. The Kier molecular flexibility index (Phi) is 6.14. The fourth-order valence-corrected chi connectivity index (χ4v) is 4.06. The van der Waals surface area contributed by atoms with Gasteiger partial charge in [-0.3, -0.25) is 4.79 Å². The summed E-state index contributed by atoms with van der Waals surface area (Å²) in [6.07, 6.45) is -4.55. The van der Waals surface area contributed by atoms with Gasteiger partial charge in [0.25, 0.3) is 0 Å². The van der Waals surface area contributed by atoms with E-state index in [1.54, 1.807) is 0 Å². The molecule has 162 valence electrons. The zero-order chi connectivity index (χ0) is 22.7. The number of benzene rings is 3. The number of thioether (sulfide) groups is 1. The number of fused-ring (bicyclic) bond motifs is 1. The Hall–Kier alpha value is -3.39. The monoisotopic (exact) mass is 453 g/mol. The van der Waals surface area contributed by atoms with Crippen LogP contribution in [0.1, 0.15) is 11.1 Å². The van der Waals surface area contributed by atoms with Crippen LogP contribution in [0.15, 0.2) is 77.8 Å². The molecule has 0 unspecified atom stereocenters. The van der Waals surface area contributed by atoms with Crippen LogP contribution in [0, 0.1) is 6.92 Å². The van der Waals surface area contributed by atoms with Crippen LogP contribution in [-0.2, 0) is 11.0 Å². The van der Waals surface area contributed by atoms with Gasteiger partial charge in [0.15, 0.2) is 5.82 Å². The molecule has 0 spiro atoms. The molecule has 0 saturated heterocycles. The molecule has 4 nitrogen and oxygen atoms in total. The van der Waals surface area contributed by atoms with E-state index in [0.717, 1.165) is 39.9 Å². The molecule has 1 heterocycles. The molecule has 0 radical (unpaired) electrons. The maximum Gasteiger partial charge on any atom is 0.418 e. The molecule has 0 aliphatic heterocycles. The highest BCUT2D eigenvalue weighted by atomic mass is 32.2. The molecule has 3 aromatic carbocycles. The number of hydrogen-bond donors (Lipinski definition) is 1. The first-order chi connectivity index (χ1) is 15.3. The fourth-order valence-electron chi connectivity index (χ4n) is 3.25. The van der Waals surface area contributed by atoms with Gasteiger partial charge in [0.2, 0.25) is 5.91 Å². The van der Waals surface area contributed by atoms with Gasteiger partial charge in [-0.1, -0.05) is 72.4 Å². The lowest BCUT2D eigenvalue weighted by Crippen LogP contribution is -2.18. The number of amides is 1. The summed E-state index contributed by atoms with van der Waals surface area (Å²) in [6, 6.07) is 20.1. The van der Waals surface area contributed by atoms with Gasteiger partial charge in [-0.05, 0) is 24.6 Å². The second kappa shape index (κ2) is 9.00. The smallest absolute Gasteiger partial charge is 0.325 e. The van der Waals surface area contributed by atoms with Gasteiger partial charge < -0.3 is 5.32 Å². The lowest BCUT2D eigenvalue weighted by atomic mass is 10.1. The first kappa shape index (κ1) is 21.8. The lowest BCUT2D eigenvalue weighted by molar-refractivity contribution is -0.137. The van der Waals surface area contributed by atoms with Crippen molar-refractivity contribution in [1.82, 2.24) is 9.97 Å². The highest BCUT2D eigenvalue weighted by molar-refractivity contribution is 8.00. The third kappa shape index (κ3) is 4.75. The Balaban J connectivity index is 1.61. The number of rotatable bonds is 5. The topological polar surface area (TPSA) is 54.9 Å². The zero-order valence-corrected chi connectivity index (χ0v) is 17.8. The summed E-state index contributed by atoms with van der Waals surface area (Å²) in [4.78, 5) is 21.8. The van der Waals surface area contributed by atoms with Crippen molar-refractivity contribution < 1.29 is 18.0 Å². The molecule has 0 saturated carbocycles. The van der Waals surface area contributed by atoms with Gasteiger partial charge in [-0.15, -0.1) is 0 Å². The predicted molar refractivity (Wildman–Crippen MR) is 121 cm³/mol. The molecule has 0 atom stereocenters. The number of carbonyl (C=O) groups is 1. The van der Waals surface area contributed by atoms with Gasteiger partial charge in [0.05, 0.1) is 22.5 Å². The Bertz CT molecular complexity index is 1280. The molecule has 4 aromatic rings. The van der Waals surface area contributed by atoms with E-state index in [1.807, 2.05) is 55.5 Å². The van der Waals surface area contributed by atoms with Crippen LogP contribution in [0.4, 0.5) is 18.9 Å². The second-order valence-corrected chi connectivity index (χ2v) is 8.03. The summed E-state index contributed by atoms with van der Waals surface area (Å²) in [6.45, 7) is 1.94. The van der Waals surface area contributed by atoms with Gasteiger partial charge in [-0.2, -0.15) is 13.2 Å². The second-order valence-electron chi connectivity index (χ2n) is 7.07. The number of alkyl halides is 3. The van der Waals surface area contributed by atoms with Crippen molar-refractivity contribution in [2.24, 2.45) is 0 Å². The summed E-state index contributed by atoms with van der Waals surface area (Å²) < 4.78 is 39.6. The van der Waals surface area contributed by atoms with Crippen molar-refractivity contribution in [2.45, 2.75) is 18.1 Å². The number of carbonyl (C=O) groups excluding carboxylic acids is 1. The van der Waals surface area contributed by atoms with Crippen molar-refractivity contribution in [3.63, 3.8) is 0 Å². The summed E-state index contributed by atoms with van der Waals surface area (Å²) in [7, 11) is 0. The predicted octanol–water partition coefficient (Wildman–Crippen LogP) is 6.35. The highest BCUT2D eigenvalue weighted by Crippen LogP contribution is 2.35. The molecule has 1 amide bonds. The molecule has 32 heavy (non-hydrogen) atoms. The molecule has 0 aliphatic rings. The van der Waals surface area contributed by atoms with E-state index in [4.69, 9.17) is 0 Å². The van der Waals surface area contributed by atoms with Gasteiger partial charge >= 0.3 is 6.18 Å². The quantitative estimate of drug-likeness (QED) is 0.282. The van der Waals surface area contributed by atoms with E-state index in [-0.39, 0.29) is 11.4 Å². The van der Waals surface area contributed by atoms with E-state index in [1.165, 1.54) is 18.2 Å². The fraction of sp³-hybridized carbons (Fsp3) is 0.125. The number of nitrogens with zero attached hydrogens (tertiary/aromatic N) is 2. The average molecular weight is 453 g/mol. The zero-order valence-electron chi connectivity index (χ0n) is 17.0. The minimum atomic E-state index is -4.55. The van der Waals surface area contributed by atoms with E-state index >= 15 is 0 Å². The van der Waals surface area contributed by atoms with Gasteiger partial charge in [0.1, 0.15) is 5.03 Å². The summed E-state index contributed by atoms with van der Waals surface area (Å²) in [5.41, 5.74) is 1.43. The number of nitrogens with one attached hydrogen (secondary N) is 1. The van der Waals surface area contributed by atoms with Gasteiger partial charge in [-0.25, -0.2) is 9.97 Å². The van der Waals surface area contributed by atoms with Crippen LogP contribution in [-0.4, -0.2) is 21.6 Å². The first-order valence-electron chi connectivity index (χ1n) is 9.74. The van der Waals surface area contributed by atoms with Crippen molar-refractivity contribution in [1.29, 1.82) is 0 Å². The molecule has 0 fully saturated rings. The summed E-state index contributed by atoms with van der Waals surface area (Å²) >= 11 is 1.16. The van der Waals surface area contributed by atoms with E-state index < -0.39 is 17.6 Å². The Morgan fingerprint density at radius 3 is 2.41 bits per heavy atom. The SMILES string of the molecule is Cc1cccc2c(SCC(=O)Nc3ccccc3C(F)(F)F)nc(-c3ccccc3)nc12. The summed E-state index contributed by atoms with van der Waals surface area (Å²) in [5, 5.41) is 3.75. The minimum absolute atomic E-state index is 0.0967. The van der Waals surface area contributed by atoms with Crippen LogP contribution < -0.4 is 5.32 Å². The van der Waals surface area contributed by atoms with E-state index in [9.17, 15) is 18.0 Å². The molecular formula is C24H18F3N3OS. The maximum atomic E-state index is 13.2. The lowest BCUT2D eigenvalue weighted by Gasteiger charge is -2.14. The van der Waals surface area contributed by atoms with Crippen molar-refractivity contribution in [3.05, 3.63) is 83.9 Å². The molecule has 4 rings (SSSR count). The maximum absolute atomic E-state index is 13.2. The number of aryl methyl sites for hydroxylation is 1. The van der Waals surface area contributed by atoms with E-state index in [2.05, 4.69) is 15.3 Å². The largest absolute Gasteiger partial charge is 0.418 e. The van der Waals surface area contributed by atoms with Crippen molar-refractivity contribution in [3.8, 4) is 11.4 Å². The van der Waals surface area contributed by atoms with Crippen molar-refractivity contribution >= 4 is 34.3 Å². The van der Waals surface area contributed by atoms with Crippen LogP contribution in [0.2, 0.25) is 0 Å². The summed E-state index contributed by atoms with van der Waals surface area (Å²) in [5.74, 6) is -0.120. The third-order valence-electron chi connectivity index (χ3n) is 4.77. The molecule has 8 heteroatoms. The molecule has 1 aromatic heterocycles. The number of halogens is 3. The number of anilines is 1. The van der Waals surface area contributed by atoms with Gasteiger partial charge in [0, 0.05) is 10.9 Å². The number of para-hydroxylation sites is 2. The molecule has 0 bridgehead atoms. The molecule has 1 N–H and O–H groups in total. The standard InChI is InChI=1S/C24H18F3N3OS/c1-15-8-7-11-17-21(15)29-22(16-9-3-2-4-10-16)30-23(17)32-14-20(31)28-19-13-6-5-12-18(19)24(25,26)27/h2-13H,14H2,1H3,(H,28,31). The Labute approximate surface area is 186 Å². The van der Waals surface area contributed by atoms with Crippen LogP contribution in [0.25, 0.3) is 22.3 Å². The number of aromatic nitrogens is 2. The normalized spacial score (nSPS) is 11.5. The first-order valence-corrected chi connectivity index (χ1v) is 10.7.